The molecule has 2 N–H and O–H groups in total. The Balaban J connectivity index is 1.76. The second-order valence-electron chi connectivity index (χ2n) is 5.22. The van der Waals surface area contributed by atoms with Gasteiger partial charge < -0.3 is 14.8 Å². The van der Waals surface area contributed by atoms with Crippen molar-refractivity contribution in [3.05, 3.63) is 29.2 Å². The molecule has 0 saturated carbocycles. The maximum absolute atomic E-state index is 11.0. The summed E-state index contributed by atoms with van der Waals surface area (Å²) in [6.07, 6.45) is 3.25. The van der Waals surface area contributed by atoms with Gasteiger partial charge in [0.1, 0.15) is 11.5 Å². The van der Waals surface area contributed by atoms with E-state index in [1.165, 1.54) is 0 Å². The van der Waals surface area contributed by atoms with E-state index in [2.05, 4.69) is 20.2 Å². The molecule has 0 aromatic carbocycles. The Morgan fingerprint density at radius 2 is 2.29 bits per heavy atom. The van der Waals surface area contributed by atoms with Crippen molar-refractivity contribution in [1.29, 1.82) is 0 Å². The number of hydrogen-bond donors (Lipinski definition) is 1. The second-order valence-corrected chi connectivity index (χ2v) is 5.22. The molecule has 3 heterocycles. The molecule has 112 valence electrons. The average Bonchev–Trinajstić information content (AvgIpc) is 3.09. The normalized spacial score (nSPS) is 19.8. The summed E-state index contributed by atoms with van der Waals surface area (Å²) in [4.78, 5) is 17.2. The first-order valence-electron chi connectivity index (χ1n) is 6.93. The van der Waals surface area contributed by atoms with Gasteiger partial charge in [-0.1, -0.05) is 16.7 Å². The number of likely N-dealkylation sites (tertiary alicyclic amines) is 1. The van der Waals surface area contributed by atoms with Crippen LogP contribution in [0.25, 0.3) is 0 Å². The SMILES string of the molecule is Cc1cc([C@H]2CCCCN2Cc2nc(C(N)=O)no2)no1. The molecule has 0 spiro atoms. The van der Waals surface area contributed by atoms with Crippen molar-refractivity contribution in [2.45, 2.75) is 38.8 Å². The molecule has 1 saturated heterocycles. The second kappa shape index (κ2) is 5.65. The Kier molecular flexibility index (Phi) is 3.70. The Morgan fingerprint density at radius 3 is 2.95 bits per heavy atom. The molecule has 1 aliphatic rings. The molecular weight excluding hydrogens is 274 g/mol. The minimum atomic E-state index is -0.688. The molecule has 8 heteroatoms. The first kappa shape index (κ1) is 13.7. The summed E-state index contributed by atoms with van der Waals surface area (Å²) >= 11 is 0. The lowest BCUT2D eigenvalue weighted by molar-refractivity contribution is 0.0987. The van der Waals surface area contributed by atoms with E-state index in [-0.39, 0.29) is 11.9 Å². The van der Waals surface area contributed by atoms with E-state index in [4.69, 9.17) is 14.8 Å². The van der Waals surface area contributed by atoms with Crippen LogP contribution in [0.15, 0.2) is 15.1 Å². The lowest BCUT2D eigenvalue weighted by Crippen LogP contribution is -2.33. The molecule has 1 aliphatic heterocycles. The van der Waals surface area contributed by atoms with Gasteiger partial charge in [-0.3, -0.25) is 9.69 Å². The number of aryl methyl sites for hydroxylation is 1. The first-order chi connectivity index (χ1) is 10.1. The highest BCUT2D eigenvalue weighted by atomic mass is 16.5. The van der Waals surface area contributed by atoms with Crippen LogP contribution in [0.2, 0.25) is 0 Å². The smallest absolute Gasteiger partial charge is 0.290 e. The molecule has 1 amide bonds. The molecule has 21 heavy (non-hydrogen) atoms. The molecule has 1 fully saturated rings. The van der Waals surface area contributed by atoms with E-state index < -0.39 is 5.91 Å². The van der Waals surface area contributed by atoms with Crippen molar-refractivity contribution in [2.75, 3.05) is 6.54 Å². The number of rotatable bonds is 4. The maximum atomic E-state index is 11.0. The Hall–Kier alpha value is -2.22. The van der Waals surface area contributed by atoms with Crippen LogP contribution < -0.4 is 5.73 Å². The van der Waals surface area contributed by atoms with Gasteiger partial charge in [0.15, 0.2) is 0 Å². The Bertz CT molecular complexity index is 635. The van der Waals surface area contributed by atoms with Crippen molar-refractivity contribution >= 4 is 5.91 Å². The summed E-state index contributed by atoms with van der Waals surface area (Å²) in [5, 5.41) is 7.67. The van der Waals surface area contributed by atoms with Gasteiger partial charge in [0, 0.05) is 6.07 Å². The van der Waals surface area contributed by atoms with Crippen LogP contribution in [0, 0.1) is 6.92 Å². The summed E-state index contributed by atoms with van der Waals surface area (Å²) < 4.78 is 10.2. The molecule has 2 aromatic rings. The third-order valence-corrected chi connectivity index (χ3v) is 3.63. The molecule has 0 bridgehead atoms. The van der Waals surface area contributed by atoms with Crippen LogP contribution in [0.1, 0.15) is 53.3 Å². The zero-order valence-electron chi connectivity index (χ0n) is 11.8. The molecule has 0 aliphatic carbocycles. The van der Waals surface area contributed by atoms with Crippen LogP contribution in [0.3, 0.4) is 0 Å². The summed E-state index contributed by atoms with van der Waals surface area (Å²) in [7, 11) is 0. The predicted octanol–water partition coefficient (Wildman–Crippen LogP) is 1.19. The lowest BCUT2D eigenvalue weighted by atomic mass is 9.99. The molecule has 2 aromatic heterocycles. The molecule has 0 radical (unpaired) electrons. The zero-order chi connectivity index (χ0) is 14.8. The Morgan fingerprint density at radius 1 is 1.43 bits per heavy atom. The highest BCUT2D eigenvalue weighted by Gasteiger charge is 2.28. The molecule has 0 unspecified atom stereocenters. The summed E-state index contributed by atoms with van der Waals surface area (Å²) in [5.74, 6) is 0.406. The monoisotopic (exact) mass is 291 g/mol. The van der Waals surface area contributed by atoms with Gasteiger partial charge in [0.2, 0.25) is 5.89 Å². The van der Waals surface area contributed by atoms with E-state index in [1.807, 2.05) is 13.0 Å². The Labute approximate surface area is 121 Å². The lowest BCUT2D eigenvalue weighted by Gasteiger charge is -2.33. The van der Waals surface area contributed by atoms with E-state index in [9.17, 15) is 4.79 Å². The van der Waals surface area contributed by atoms with Gasteiger partial charge in [-0.15, -0.1) is 0 Å². The summed E-state index contributed by atoms with van der Waals surface area (Å²) in [6, 6.07) is 2.12. The fourth-order valence-electron chi connectivity index (χ4n) is 2.65. The molecule has 8 nitrogen and oxygen atoms in total. The topological polar surface area (TPSA) is 111 Å². The number of carbonyl (C=O) groups excluding carboxylic acids is 1. The van der Waals surface area contributed by atoms with E-state index in [1.54, 1.807) is 0 Å². The number of piperidine rings is 1. The summed E-state index contributed by atoms with van der Waals surface area (Å²) in [5.41, 5.74) is 6.04. The minimum Gasteiger partial charge on any atom is -0.363 e. The van der Waals surface area contributed by atoms with Gasteiger partial charge in [0.05, 0.1) is 12.6 Å². The van der Waals surface area contributed by atoms with Crippen LogP contribution >= 0.6 is 0 Å². The molecule has 1 atom stereocenters. The average molecular weight is 291 g/mol. The van der Waals surface area contributed by atoms with Crippen LogP contribution in [-0.4, -0.2) is 32.6 Å². The summed E-state index contributed by atoms with van der Waals surface area (Å²) in [6.45, 7) is 3.25. The maximum Gasteiger partial charge on any atom is 0.290 e. The predicted molar refractivity (Wildman–Crippen MR) is 71.1 cm³/mol. The number of aromatic nitrogens is 3. The highest BCUT2D eigenvalue weighted by molar-refractivity contribution is 5.88. The van der Waals surface area contributed by atoms with Crippen LogP contribution in [0.4, 0.5) is 0 Å². The quantitative estimate of drug-likeness (QED) is 0.900. The van der Waals surface area contributed by atoms with Gasteiger partial charge in [-0.25, -0.2) is 0 Å². The van der Waals surface area contributed by atoms with E-state index >= 15 is 0 Å². The van der Waals surface area contributed by atoms with Crippen molar-refractivity contribution in [3.8, 4) is 0 Å². The van der Waals surface area contributed by atoms with Crippen molar-refractivity contribution in [3.63, 3.8) is 0 Å². The van der Waals surface area contributed by atoms with Gasteiger partial charge in [-0.05, 0) is 26.3 Å². The fraction of sp³-hybridized carbons (Fsp3) is 0.538. The van der Waals surface area contributed by atoms with E-state index in [0.29, 0.717) is 12.4 Å². The number of carbonyl (C=O) groups is 1. The third kappa shape index (κ3) is 2.94. The number of primary amides is 1. The van der Waals surface area contributed by atoms with Crippen LogP contribution in [-0.2, 0) is 6.54 Å². The molecule has 3 rings (SSSR count). The largest absolute Gasteiger partial charge is 0.363 e. The van der Waals surface area contributed by atoms with Gasteiger partial charge >= 0.3 is 0 Å². The van der Waals surface area contributed by atoms with Crippen molar-refractivity contribution in [1.82, 2.24) is 20.2 Å². The molecular formula is C13H17N5O3. The minimum absolute atomic E-state index is 0.0872. The highest BCUT2D eigenvalue weighted by Crippen LogP contribution is 2.31. The number of nitrogens with two attached hydrogens (primary N) is 1. The number of amides is 1. The van der Waals surface area contributed by atoms with Crippen LogP contribution in [0.5, 0.6) is 0 Å². The van der Waals surface area contributed by atoms with Crippen molar-refractivity contribution in [2.24, 2.45) is 5.73 Å². The standard InChI is InChI=1S/C13H17N5O3/c1-8-6-9(16-20-8)10-4-2-3-5-18(10)7-11-15-13(12(14)19)17-21-11/h6,10H,2-5,7H2,1H3,(H2,14,19)/t10-/m1/s1. The van der Waals surface area contributed by atoms with Gasteiger partial charge in [0.25, 0.3) is 11.7 Å². The van der Waals surface area contributed by atoms with Gasteiger partial charge in [-0.2, -0.15) is 4.98 Å². The zero-order valence-corrected chi connectivity index (χ0v) is 11.8. The van der Waals surface area contributed by atoms with E-state index in [0.717, 1.165) is 37.3 Å². The van der Waals surface area contributed by atoms with Crippen molar-refractivity contribution < 1.29 is 13.8 Å². The third-order valence-electron chi connectivity index (χ3n) is 3.63. The first-order valence-corrected chi connectivity index (χ1v) is 6.93. The fourth-order valence-corrected chi connectivity index (χ4v) is 2.65. The number of nitrogens with zero attached hydrogens (tertiary/aromatic N) is 4. The number of hydrogen-bond acceptors (Lipinski definition) is 7.